The molecule has 1 atom stereocenters. The molecule has 1 aromatic heterocycles. The number of carbonyl (C=O) groups is 2. The Bertz CT molecular complexity index is 800. The molecule has 2 aliphatic heterocycles. The van der Waals surface area contributed by atoms with Crippen molar-refractivity contribution in [2.45, 2.75) is 38.5 Å². The molecule has 0 aromatic carbocycles. The highest BCUT2D eigenvalue weighted by Gasteiger charge is 2.36. The van der Waals surface area contributed by atoms with Gasteiger partial charge in [0.05, 0.1) is 18.7 Å². The number of anilines is 1. The van der Waals surface area contributed by atoms with E-state index in [4.69, 9.17) is 4.74 Å². The van der Waals surface area contributed by atoms with E-state index in [1.165, 1.54) is 22.8 Å². The third-order valence-electron chi connectivity index (χ3n) is 5.27. The molecule has 1 amide bonds. The molecule has 0 aliphatic carbocycles. The molecule has 0 spiro atoms. The molecule has 3 heterocycles. The minimum atomic E-state index is -3.55. The van der Waals surface area contributed by atoms with Gasteiger partial charge in [-0.25, -0.2) is 4.79 Å². The molecular weight excluding hydrogens is 402 g/mol. The number of piperidine rings is 1. The van der Waals surface area contributed by atoms with Crippen LogP contribution in [0.15, 0.2) is 11.4 Å². The van der Waals surface area contributed by atoms with Gasteiger partial charge < -0.3 is 10.1 Å². The molecule has 28 heavy (non-hydrogen) atoms. The third kappa shape index (κ3) is 4.73. The molecule has 1 unspecified atom stereocenters. The molecule has 8 nitrogen and oxygen atoms in total. The first-order chi connectivity index (χ1) is 13.4. The fourth-order valence-electron chi connectivity index (χ4n) is 3.69. The van der Waals surface area contributed by atoms with Crippen molar-refractivity contribution < 1.29 is 22.7 Å². The van der Waals surface area contributed by atoms with Gasteiger partial charge >= 0.3 is 5.97 Å². The summed E-state index contributed by atoms with van der Waals surface area (Å²) in [4.78, 5) is 24.9. The minimum Gasteiger partial charge on any atom is -0.465 e. The van der Waals surface area contributed by atoms with E-state index in [-0.39, 0.29) is 12.5 Å². The zero-order valence-electron chi connectivity index (χ0n) is 16.1. The van der Waals surface area contributed by atoms with E-state index in [0.717, 1.165) is 25.7 Å². The number of nitrogens with one attached hydrogen (secondary N) is 1. The van der Waals surface area contributed by atoms with E-state index in [2.05, 4.69) is 5.32 Å². The van der Waals surface area contributed by atoms with Crippen LogP contribution in [0.2, 0.25) is 0 Å². The lowest BCUT2D eigenvalue weighted by molar-refractivity contribution is -0.120. The average Bonchev–Trinajstić information content (AvgIpc) is 2.98. The van der Waals surface area contributed by atoms with Crippen LogP contribution in [-0.4, -0.2) is 62.2 Å². The number of carbonyl (C=O) groups excluding carboxylic acids is 2. The van der Waals surface area contributed by atoms with Crippen molar-refractivity contribution >= 4 is 39.1 Å². The van der Waals surface area contributed by atoms with Crippen LogP contribution < -0.4 is 5.32 Å². The number of ether oxygens (including phenoxy) is 1. The van der Waals surface area contributed by atoms with Gasteiger partial charge in [0.25, 0.3) is 10.2 Å². The lowest BCUT2D eigenvalue weighted by Gasteiger charge is -2.34. The predicted molar refractivity (Wildman–Crippen MR) is 108 cm³/mol. The molecule has 2 saturated heterocycles. The minimum absolute atomic E-state index is 0.169. The Labute approximate surface area is 170 Å². The van der Waals surface area contributed by atoms with Crippen molar-refractivity contribution in [2.24, 2.45) is 5.92 Å². The van der Waals surface area contributed by atoms with Gasteiger partial charge in [0, 0.05) is 26.2 Å². The first kappa shape index (κ1) is 21.2. The van der Waals surface area contributed by atoms with Crippen molar-refractivity contribution in [3.63, 3.8) is 0 Å². The van der Waals surface area contributed by atoms with Gasteiger partial charge in [-0.1, -0.05) is 12.8 Å². The molecule has 10 heteroatoms. The van der Waals surface area contributed by atoms with Gasteiger partial charge in [-0.2, -0.15) is 17.0 Å². The van der Waals surface area contributed by atoms with Crippen molar-refractivity contribution in [3.8, 4) is 0 Å². The van der Waals surface area contributed by atoms with Gasteiger partial charge in [0.15, 0.2) is 0 Å². The maximum atomic E-state index is 13.0. The molecule has 0 radical (unpaired) electrons. The third-order valence-corrected chi connectivity index (χ3v) is 8.16. The number of methoxy groups -OCH3 is 1. The van der Waals surface area contributed by atoms with Crippen molar-refractivity contribution in [1.29, 1.82) is 0 Å². The van der Waals surface area contributed by atoms with Crippen LogP contribution in [0.25, 0.3) is 0 Å². The van der Waals surface area contributed by atoms with E-state index < -0.39 is 22.1 Å². The van der Waals surface area contributed by atoms with Crippen LogP contribution in [0.3, 0.4) is 0 Å². The highest BCUT2D eigenvalue weighted by Crippen LogP contribution is 2.27. The number of amides is 1. The normalized spacial score (nSPS) is 22.4. The second-order valence-corrected chi connectivity index (χ2v) is 10.0. The molecule has 1 N–H and O–H groups in total. The first-order valence-corrected chi connectivity index (χ1v) is 11.9. The lowest BCUT2D eigenvalue weighted by atomic mass is 9.99. The van der Waals surface area contributed by atoms with E-state index >= 15 is 0 Å². The molecule has 2 fully saturated rings. The van der Waals surface area contributed by atoms with Crippen molar-refractivity contribution in [3.05, 3.63) is 16.3 Å². The predicted octanol–water partition coefficient (Wildman–Crippen LogP) is 2.31. The number of esters is 1. The number of hydrogen-bond donors (Lipinski definition) is 1. The molecule has 1 aromatic rings. The van der Waals surface area contributed by atoms with Crippen LogP contribution in [0.1, 0.15) is 48.2 Å². The Balaban J connectivity index is 1.66. The molecular formula is C18H27N3O5S2. The van der Waals surface area contributed by atoms with Gasteiger partial charge in [-0.3, -0.25) is 4.79 Å². The Morgan fingerprint density at radius 3 is 2.46 bits per heavy atom. The number of thiophene rings is 1. The first-order valence-electron chi connectivity index (χ1n) is 9.65. The van der Waals surface area contributed by atoms with E-state index in [1.54, 1.807) is 15.8 Å². The second-order valence-electron chi connectivity index (χ2n) is 7.16. The SMILES string of the molecule is COC(=O)c1sccc1NC(=O)C1CCCN(S(=O)(=O)N2CCCCCC2)C1. The Kier molecular flexibility index (Phi) is 7.08. The average molecular weight is 430 g/mol. The van der Waals surface area contributed by atoms with Crippen LogP contribution in [-0.2, 0) is 19.7 Å². The Hall–Kier alpha value is -1.49. The van der Waals surface area contributed by atoms with Crippen LogP contribution >= 0.6 is 11.3 Å². The van der Waals surface area contributed by atoms with Crippen LogP contribution in [0.4, 0.5) is 5.69 Å². The van der Waals surface area contributed by atoms with Crippen LogP contribution in [0, 0.1) is 5.92 Å². The largest absolute Gasteiger partial charge is 0.465 e. The standard InChI is InChI=1S/C18H27N3O5S2/c1-26-18(23)16-15(8-12-27-16)19-17(22)14-7-6-11-21(13-14)28(24,25)20-9-4-2-3-5-10-20/h8,12,14H,2-7,9-11,13H2,1H3,(H,19,22). The monoisotopic (exact) mass is 429 g/mol. The lowest BCUT2D eigenvalue weighted by Crippen LogP contribution is -2.50. The van der Waals surface area contributed by atoms with E-state index in [9.17, 15) is 18.0 Å². The van der Waals surface area contributed by atoms with Gasteiger partial charge in [0.2, 0.25) is 5.91 Å². The highest BCUT2D eigenvalue weighted by atomic mass is 32.2. The zero-order valence-corrected chi connectivity index (χ0v) is 17.7. The maximum Gasteiger partial charge on any atom is 0.350 e. The quantitative estimate of drug-likeness (QED) is 0.725. The fourth-order valence-corrected chi connectivity index (χ4v) is 6.24. The smallest absolute Gasteiger partial charge is 0.350 e. The fraction of sp³-hybridized carbons (Fsp3) is 0.667. The summed E-state index contributed by atoms with van der Waals surface area (Å²) in [5.74, 6) is -1.21. The van der Waals surface area contributed by atoms with Crippen molar-refractivity contribution in [2.75, 3.05) is 38.6 Å². The molecule has 3 rings (SSSR count). The van der Waals surface area contributed by atoms with E-state index in [1.807, 2.05) is 0 Å². The summed E-state index contributed by atoms with van der Waals surface area (Å²) in [5.41, 5.74) is 0.411. The summed E-state index contributed by atoms with van der Waals surface area (Å²) in [6, 6.07) is 1.66. The Morgan fingerprint density at radius 2 is 1.79 bits per heavy atom. The topological polar surface area (TPSA) is 96.0 Å². The summed E-state index contributed by atoms with van der Waals surface area (Å²) in [7, 11) is -2.26. The Morgan fingerprint density at radius 1 is 1.11 bits per heavy atom. The van der Waals surface area contributed by atoms with Crippen molar-refractivity contribution in [1.82, 2.24) is 8.61 Å². The maximum absolute atomic E-state index is 13.0. The second kappa shape index (κ2) is 9.34. The number of hydrogen-bond acceptors (Lipinski definition) is 6. The molecule has 0 saturated carbocycles. The van der Waals surface area contributed by atoms with Gasteiger partial charge in [0.1, 0.15) is 4.88 Å². The number of rotatable bonds is 5. The summed E-state index contributed by atoms with van der Waals surface area (Å²) >= 11 is 1.19. The van der Waals surface area contributed by atoms with Gasteiger partial charge in [-0.15, -0.1) is 11.3 Å². The summed E-state index contributed by atoms with van der Waals surface area (Å²) in [6.07, 6.45) is 5.13. The molecule has 2 aliphatic rings. The summed E-state index contributed by atoms with van der Waals surface area (Å²) < 4.78 is 33.8. The zero-order chi connectivity index (χ0) is 20.1. The van der Waals surface area contributed by atoms with Gasteiger partial charge in [-0.05, 0) is 37.1 Å². The van der Waals surface area contributed by atoms with Crippen LogP contribution in [0.5, 0.6) is 0 Å². The highest BCUT2D eigenvalue weighted by molar-refractivity contribution is 7.86. The molecule has 156 valence electrons. The van der Waals surface area contributed by atoms with E-state index in [0.29, 0.717) is 43.0 Å². The summed E-state index contributed by atoms with van der Waals surface area (Å²) in [5, 5.41) is 4.48. The summed E-state index contributed by atoms with van der Waals surface area (Å²) in [6.45, 7) is 1.71. The number of nitrogens with zero attached hydrogens (tertiary/aromatic N) is 2. The molecule has 0 bridgehead atoms.